The van der Waals surface area contributed by atoms with Crippen molar-refractivity contribution in [3.8, 4) is 11.3 Å². The topological polar surface area (TPSA) is 42.9 Å². The molecule has 0 radical (unpaired) electrons. The minimum atomic E-state index is -0.955. The van der Waals surface area contributed by atoms with Crippen LogP contribution in [0.1, 0.15) is 10.6 Å². The van der Waals surface area contributed by atoms with Gasteiger partial charge in [0, 0.05) is 11.8 Å². The first-order valence-corrected chi connectivity index (χ1v) is 4.44. The zero-order chi connectivity index (χ0) is 11.5. The van der Waals surface area contributed by atoms with Gasteiger partial charge in [-0.3, -0.25) is 4.79 Å². The van der Waals surface area contributed by atoms with Gasteiger partial charge in [0.2, 0.25) is 0 Å². The highest BCUT2D eigenvalue weighted by Crippen LogP contribution is 2.18. The van der Waals surface area contributed by atoms with Gasteiger partial charge in [0.25, 0.3) is 0 Å². The van der Waals surface area contributed by atoms with Crippen LogP contribution in [0, 0.1) is 11.6 Å². The van der Waals surface area contributed by atoms with Gasteiger partial charge in [-0.25, -0.2) is 18.7 Å². The van der Waals surface area contributed by atoms with Crippen LogP contribution in [0.15, 0.2) is 30.5 Å². The molecular formula is C11H6F2N2O. The number of aldehydes is 1. The van der Waals surface area contributed by atoms with Crippen molar-refractivity contribution in [2.24, 2.45) is 0 Å². The van der Waals surface area contributed by atoms with E-state index in [9.17, 15) is 13.6 Å². The summed E-state index contributed by atoms with van der Waals surface area (Å²) in [6, 6.07) is 4.93. The lowest BCUT2D eigenvalue weighted by Crippen LogP contribution is -1.94. The number of nitrogens with zero attached hydrogens (tertiary/aromatic N) is 2. The molecule has 1 aromatic carbocycles. The van der Waals surface area contributed by atoms with Crippen LogP contribution in [0.3, 0.4) is 0 Å². The zero-order valence-corrected chi connectivity index (χ0v) is 8.02. The van der Waals surface area contributed by atoms with Gasteiger partial charge < -0.3 is 0 Å². The Morgan fingerprint density at radius 2 is 1.94 bits per heavy atom. The summed E-state index contributed by atoms with van der Waals surface area (Å²) in [5, 5.41) is 0. The molecule has 0 unspecified atom stereocenters. The second kappa shape index (κ2) is 4.14. The first-order valence-electron chi connectivity index (χ1n) is 4.44. The standard InChI is InChI=1S/C11H6F2N2O/c12-8-2-1-7(5-9(8)13)10-3-4-14-11(6-16)15-10/h1-6H. The fourth-order valence-electron chi connectivity index (χ4n) is 1.25. The summed E-state index contributed by atoms with van der Waals surface area (Å²) in [5.41, 5.74) is 0.764. The van der Waals surface area contributed by atoms with Gasteiger partial charge in [-0.05, 0) is 24.3 Å². The molecule has 16 heavy (non-hydrogen) atoms. The van der Waals surface area contributed by atoms with Gasteiger partial charge in [-0.15, -0.1) is 0 Å². The van der Waals surface area contributed by atoms with Crippen LogP contribution in [0.5, 0.6) is 0 Å². The highest BCUT2D eigenvalue weighted by Gasteiger charge is 2.06. The fraction of sp³-hybridized carbons (Fsp3) is 0. The lowest BCUT2D eigenvalue weighted by molar-refractivity contribution is 0.111. The van der Waals surface area contributed by atoms with Crippen LogP contribution in [0.2, 0.25) is 0 Å². The summed E-state index contributed by atoms with van der Waals surface area (Å²) in [4.78, 5) is 18.0. The van der Waals surface area contributed by atoms with Crippen LogP contribution in [-0.4, -0.2) is 16.3 Å². The normalized spacial score (nSPS) is 10.1. The summed E-state index contributed by atoms with van der Waals surface area (Å²) in [5.74, 6) is -1.88. The van der Waals surface area contributed by atoms with Crippen molar-refractivity contribution in [1.82, 2.24) is 9.97 Å². The molecule has 1 aromatic heterocycles. The largest absolute Gasteiger partial charge is 0.294 e. The van der Waals surface area contributed by atoms with Gasteiger partial charge in [-0.1, -0.05) is 0 Å². The second-order valence-corrected chi connectivity index (χ2v) is 3.05. The van der Waals surface area contributed by atoms with Crippen molar-refractivity contribution < 1.29 is 13.6 Å². The number of rotatable bonds is 2. The Labute approximate surface area is 89.8 Å². The Kier molecular flexibility index (Phi) is 2.68. The Bertz CT molecular complexity index is 543. The molecule has 0 aliphatic carbocycles. The van der Waals surface area contributed by atoms with E-state index in [1.807, 2.05) is 0 Å². The molecule has 0 fully saturated rings. The Morgan fingerprint density at radius 3 is 2.62 bits per heavy atom. The van der Waals surface area contributed by atoms with E-state index in [2.05, 4.69) is 9.97 Å². The molecule has 0 N–H and O–H groups in total. The van der Waals surface area contributed by atoms with Gasteiger partial charge in [0.1, 0.15) is 0 Å². The maximum atomic E-state index is 13.0. The lowest BCUT2D eigenvalue weighted by Gasteiger charge is -2.01. The molecule has 0 atom stereocenters. The third kappa shape index (κ3) is 1.93. The maximum Gasteiger partial charge on any atom is 0.193 e. The number of carbonyl (C=O) groups excluding carboxylic acids is 1. The third-order valence-corrected chi connectivity index (χ3v) is 1.99. The van der Waals surface area contributed by atoms with E-state index in [0.717, 1.165) is 12.1 Å². The molecule has 0 spiro atoms. The first-order chi connectivity index (χ1) is 7.70. The molecule has 0 saturated heterocycles. The number of aromatic nitrogens is 2. The zero-order valence-electron chi connectivity index (χ0n) is 8.02. The summed E-state index contributed by atoms with van der Waals surface area (Å²) >= 11 is 0. The van der Waals surface area contributed by atoms with Gasteiger partial charge in [-0.2, -0.15) is 0 Å². The molecule has 1 heterocycles. The van der Waals surface area contributed by atoms with E-state index in [1.165, 1.54) is 18.3 Å². The average Bonchev–Trinajstić information content (AvgIpc) is 2.33. The van der Waals surface area contributed by atoms with E-state index >= 15 is 0 Å². The fourth-order valence-corrected chi connectivity index (χ4v) is 1.25. The van der Waals surface area contributed by atoms with Crippen LogP contribution in [0.4, 0.5) is 8.78 Å². The van der Waals surface area contributed by atoms with Gasteiger partial charge in [0.05, 0.1) is 5.69 Å². The number of carbonyl (C=O) groups is 1. The predicted octanol–water partition coefficient (Wildman–Crippen LogP) is 2.23. The summed E-state index contributed by atoms with van der Waals surface area (Å²) in [6.45, 7) is 0. The first kappa shape index (κ1) is 10.4. The molecule has 2 rings (SSSR count). The highest BCUT2D eigenvalue weighted by atomic mass is 19.2. The maximum absolute atomic E-state index is 13.0. The molecule has 3 nitrogen and oxygen atoms in total. The van der Waals surface area contributed by atoms with Gasteiger partial charge >= 0.3 is 0 Å². The molecule has 0 aliphatic heterocycles. The highest BCUT2D eigenvalue weighted by molar-refractivity contribution is 5.70. The lowest BCUT2D eigenvalue weighted by atomic mass is 10.1. The van der Waals surface area contributed by atoms with E-state index < -0.39 is 11.6 Å². The molecule has 0 aliphatic rings. The van der Waals surface area contributed by atoms with Gasteiger partial charge in [0.15, 0.2) is 23.7 Å². The van der Waals surface area contributed by atoms with Crippen molar-refractivity contribution in [1.29, 1.82) is 0 Å². The molecule has 0 amide bonds. The summed E-state index contributed by atoms with van der Waals surface area (Å²) in [7, 11) is 0. The predicted molar refractivity (Wildman–Crippen MR) is 52.8 cm³/mol. The number of halogens is 2. The van der Waals surface area contributed by atoms with E-state index in [1.54, 1.807) is 0 Å². The monoisotopic (exact) mass is 220 g/mol. The molecule has 2 aromatic rings. The minimum absolute atomic E-state index is 0.00207. The van der Waals surface area contributed by atoms with Crippen LogP contribution in [0.25, 0.3) is 11.3 Å². The van der Waals surface area contributed by atoms with Crippen molar-refractivity contribution in [2.45, 2.75) is 0 Å². The minimum Gasteiger partial charge on any atom is -0.294 e. The third-order valence-electron chi connectivity index (χ3n) is 1.99. The summed E-state index contributed by atoms with van der Waals surface area (Å²) < 4.78 is 25.7. The average molecular weight is 220 g/mol. The molecule has 0 saturated carbocycles. The molecular weight excluding hydrogens is 214 g/mol. The SMILES string of the molecule is O=Cc1nccc(-c2ccc(F)c(F)c2)n1. The van der Waals surface area contributed by atoms with Crippen LogP contribution >= 0.6 is 0 Å². The van der Waals surface area contributed by atoms with Crippen molar-refractivity contribution >= 4 is 6.29 Å². The Balaban J connectivity index is 2.49. The van der Waals surface area contributed by atoms with Crippen molar-refractivity contribution in [2.75, 3.05) is 0 Å². The summed E-state index contributed by atoms with van der Waals surface area (Å²) in [6.07, 6.45) is 1.87. The quantitative estimate of drug-likeness (QED) is 0.729. The molecule has 5 heteroatoms. The number of benzene rings is 1. The molecule has 0 bridgehead atoms. The second-order valence-electron chi connectivity index (χ2n) is 3.05. The van der Waals surface area contributed by atoms with E-state index in [0.29, 0.717) is 17.5 Å². The molecule has 80 valence electrons. The van der Waals surface area contributed by atoms with E-state index in [-0.39, 0.29) is 5.82 Å². The Hall–Kier alpha value is -2.17. The van der Waals surface area contributed by atoms with E-state index in [4.69, 9.17) is 0 Å². The van der Waals surface area contributed by atoms with Crippen LogP contribution < -0.4 is 0 Å². The number of hydrogen-bond donors (Lipinski definition) is 0. The Morgan fingerprint density at radius 1 is 1.12 bits per heavy atom. The smallest absolute Gasteiger partial charge is 0.193 e. The van der Waals surface area contributed by atoms with Crippen LogP contribution in [-0.2, 0) is 0 Å². The van der Waals surface area contributed by atoms with Crippen molar-refractivity contribution in [3.63, 3.8) is 0 Å². The number of hydrogen-bond acceptors (Lipinski definition) is 3. The van der Waals surface area contributed by atoms with Crippen molar-refractivity contribution in [3.05, 3.63) is 47.9 Å².